The van der Waals surface area contributed by atoms with Gasteiger partial charge in [-0.05, 0) is 12.5 Å². The zero-order chi connectivity index (χ0) is 13.4. The number of nitrogens with zero attached hydrogens (tertiary/aromatic N) is 3. The molecule has 0 atom stereocenters. The first kappa shape index (κ1) is 14.2. The summed E-state index contributed by atoms with van der Waals surface area (Å²) in [6, 6.07) is 1.83. The van der Waals surface area contributed by atoms with Gasteiger partial charge in [-0.1, -0.05) is 6.92 Å². The van der Waals surface area contributed by atoms with Gasteiger partial charge in [-0.25, -0.2) is 4.98 Å². The summed E-state index contributed by atoms with van der Waals surface area (Å²) in [5.74, 6) is 1.47. The van der Waals surface area contributed by atoms with Gasteiger partial charge in [0.25, 0.3) is 0 Å². The highest BCUT2D eigenvalue weighted by Crippen LogP contribution is 2.10. The molecule has 0 radical (unpaired) electrons. The zero-order valence-electron chi connectivity index (χ0n) is 11.2. The summed E-state index contributed by atoms with van der Waals surface area (Å²) in [7, 11) is 3.55. The quantitative estimate of drug-likeness (QED) is 0.752. The fourth-order valence-corrected chi connectivity index (χ4v) is 1.39. The molecule has 1 heterocycles. The number of carbonyl (C=O) groups excluding carboxylic acids is 1. The maximum atomic E-state index is 11.2. The highest BCUT2D eigenvalue weighted by Gasteiger charge is 2.06. The molecule has 0 aliphatic rings. The largest absolute Gasteiger partial charge is 0.359 e. The van der Waals surface area contributed by atoms with E-state index in [1.54, 1.807) is 13.2 Å². The van der Waals surface area contributed by atoms with Gasteiger partial charge in [0.05, 0.1) is 0 Å². The van der Waals surface area contributed by atoms with Crippen molar-refractivity contribution in [1.29, 1.82) is 0 Å². The minimum atomic E-state index is 0.0280. The van der Waals surface area contributed by atoms with Crippen molar-refractivity contribution >= 4 is 17.7 Å². The minimum absolute atomic E-state index is 0.0280. The third kappa shape index (κ3) is 4.57. The van der Waals surface area contributed by atoms with Crippen molar-refractivity contribution in [3.05, 3.63) is 12.3 Å². The van der Waals surface area contributed by atoms with Crippen LogP contribution in [0.5, 0.6) is 0 Å². The van der Waals surface area contributed by atoms with Crippen molar-refractivity contribution in [2.24, 2.45) is 0 Å². The third-order valence-electron chi connectivity index (χ3n) is 2.52. The highest BCUT2D eigenvalue weighted by atomic mass is 16.1. The monoisotopic (exact) mass is 251 g/mol. The summed E-state index contributed by atoms with van der Waals surface area (Å²) in [6.07, 6.45) is 3.20. The SMILES string of the molecule is CCCNc1nccc(N(C)CCC(=O)NC)n1. The molecule has 0 fully saturated rings. The molecule has 0 bridgehead atoms. The van der Waals surface area contributed by atoms with Crippen LogP contribution in [-0.2, 0) is 4.79 Å². The molecule has 6 heteroatoms. The van der Waals surface area contributed by atoms with E-state index in [1.165, 1.54) is 0 Å². The Morgan fingerprint density at radius 2 is 2.28 bits per heavy atom. The molecular weight excluding hydrogens is 230 g/mol. The van der Waals surface area contributed by atoms with Crippen LogP contribution in [0.1, 0.15) is 19.8 Å². The second-order valence-corrected chi connectivity index (χ2v) is 4.01. The van der Waals surface area contributed by atoms with Gasteiger partial charge in [-0.3, -0.25) is 4.79 Å². The first-order valence-electron chi connectivity index (χ1n) is 6.16. The summed E-state index contributed by atoms with van der Waals surface area (Å²) < 4.78 is 0. The molecule has 0 saturated carbocycles. The number of amides is 1. The lowest BCUT2D eigenvalue weighted by atomic mass is 10.3. The van der Waals surface area contributed by atoms with E-state index >= 15 is 0 Å². The molecule has 0 spiro atoms. The topological polar surface area (TPSA) is 70.2 Å². The predicted octanol–water partition coefficient (Wildman–Crippen LogP) is 0.871. The fraction of sp³-hybridized carbons (Fsp3) is 0.583. The Morgan fingerprint density at radius 1 is 1.50 bits per heavy atom. The number of aromatic nitrogens is 2. The van der Waals surface area contributed by atoms with Crippen LogP contribution in [-0.4, -0.2) is 43.1 Å². The maximum Gasteiger partial charge on any atom is 0.224 e. The average molecular weight is 251 g/mol. The molecule has 6 nitrogen and oxygen atoms in total. The molecular formula is C12H21N5O. The molecule has 2 N–H and O–H groups in total. The van der Waals surface area contributed by atoms with E-state index < -0.39 is 0 Å². The highest BCUT2D eigenvalue weighted by molar-refractivity contribution is 5.76. The smallest absolute Gasteiger partial charge is 0.224 e. The van der Waals surface area contributed by atoms with Crippen molar-refractivity contribution in [2.75, 3.05) is 37.4 Å². The number of rotatable bonds is 7. The molecule has 100 valence electrons. The summed E-state index contributed by atoms with van der Waals surface area (Å²) in [6.45, 7) is 3.57. The number of anilines is 2. The Kier molecular flexibility index (Phi) is 5.90. The van der Waals surface area contributed by atoms with E-state index in [2.05, 4.69) is 27.5 Å². The Hall–Kier alpha value is -1.85. The lowest BCUT2D eigenvalue weighted by Crippen LogP contribution is -2.27. The van der Waals surface area contributed by atoms with Gasteiger partial charge in [0.1, 0.15) is 5.82 Å². The van der Waals surface area contributed by atoms with Crippen LogP contribution in [0, 0.1) is 0 Å². The molecule has 1 rings (SSSR count). The van der Waals surface area contributed by atoms with Gasteiger partial charge in [-0.2, -0.15) is 4.98 Å². The van der Waals surface area contributed by atoms with Gasteiger partial charge >= 0.3 is 0 Å². The molecule has 1 amide bonds. The van der Waals surface area contributed by atoms with Crippen molar-refractivity contribution < 1.29 is 4.79 Å². The first-order chi connectivity index (χ1) is 8.67. The van der Waals surface area contributed by atoms with Crippen LogP contribution < -0.4 is 15.5 Å². The van der Waals surface area contributed by atoms with Gasteiger partial charge in [0.2, 0.25) is 11.9 Å². The van der Waals surface area contributed by atoms with Crippen molar-refractivity contribution in [3.63, 3.8) is 0 Å². The van der Waals surface area contributed by atoms with Crippen LogP contribution in [0.3, 0.4) is 0 Å². The minimum Gasteiger partial charge on any atom is -0.359 e. The van der Waals surface area contributed by atoms with Crippen molar-refractivity contribution in [2.45, 2.75) is 19.8 Å². The Morgan fingerprint density at radius 3 is 2.94 bits per heavy atom. The summed E-state index contributed by atoms with van der Waals surface area (Å²) in [5, 5.41) is 5.74. The molecule has 18 heavy (non-hydrogen) atoms. The molecule has 0 aliphatic carbocycles. The Labute approximate surface area is 108 Å². The third-order valence-corrected chi connectivity index (χ3v) is 2.52. The van der Waals surface area contributed by atoms with E-state index in [1.807, 2.05) is 18.0 Å². The molecule has 1 aromatic rings. The second-order valence-electron chi connectivity index (χ2n) is 4.01. The summed E-state index contributed by atoms with van der Waals surface area (Å²) in [5.41, 5.74) is 0. The van der Waals surface area contributed by atoms with Gasteiger partial charge in [-0.15, -0.1) is 0 Å². The van der Waals surface area contributed by atoms with E-state index in [-0.39, 0.29) is 5.91 Å². The van der Waals surface area contributed by atoms with Crippen LogP contribution in [0.2, 0.25) is 0 Å². The Balaban J connectivity index is 2.56. The number of nitrogens with one attached hydrogen (secondary N) is 2. The zero-order valence-corrected chi connectivity index (χ0v) is 11.2. The van der Waals surface area contributed by atoms with Crippen LogP contribution >= 0.6 is 0 Å². The predicted molar refractivity (Wildman–Crippen MR) is 72.8 cm³/mol. The summed E-state index contributed by atoms with van der Waals surface area (Å²) in [4.78, 5) is 21.6. The number of hydrogen-bond donors (Lipinski definition) is 2. The van der Waals surface area contributed by atoms with Crippen LogP contribution in [0.25, 0.3) is 0 Å². The van der Waals surface area contributed by atoms with Crippen molar-refractivity contribution in [1.82, 2.24) is 15.3 Å². The van der Waals surface area contributed by atoms with Gasteiger partial charge < -0.3 is 15.5 Å². The summed E-state index contributed by atoms with van der Waals surface area (Å²) >= 11 is 0. The van der Waals surface area contributed by atoms with E-state index in [0.717, 1.165) is 18.8 Å². The standard InChI is InChI=1S/C12H21N5O/c1-4-7-14-12-15-8-5-10(16-12)17(3)9-6-11(18)13-2/h5,8H,4,6-7,9H2,1-3H3,(H,13,18)(H,14,15,16). The first-order valence-corrected chi connectivity index (χ1v) is 6.16. The van der Waals surface area contributed by atoms with Crippen LogP contribution in [0.4, 0.5) is 11.8 Å². The van der Waals surface area contributed by atoms with E-state index in [9.17, 15) is 4.79 Å². The normalized spacial score (nSPS) is 9.94. The molecule has 0 saturated heterocycles. The number of carbonyl (C=O) groups is 1. The van der Waals surface area contributed by atoms with Gasteiger partial charge in [0.15, 0.2) is 0 Å². The van der Waals surface area contributed by atoms with Crippen molar-refractivity contribution in [3.8, 4) is 0 Å². The second kappa shape index (κ2) is 7.47. The maximum absolute atomic E-state index is 11.2. The molecule has 0 unspecified atom stereocenters. The molecule has 0 aromatic carbocycles. The van der Waals surface area contributed by atoms with Gasteiger partial charge in [0, 0.05) is 39.8 Å². The molecule has 0 aliphatic heterocycles. The lowest BCUT2D eigenvalue weighted by Gasteiger charge is -2.18. The average Bonchev–Trinajstić information content (AvgIpc) is 2.42. The number of hydrogen-bond acceptors (Lipinski definition) is 5. The lowest BCUT2D eigenvalue weighted by molar-refractivity contribution is -0.120. The van der Waals surface area contributed by atoms with E-state index in [4.69, 9.17) is 0 Å². The molecule has 1 aromatic heterocycles. The fourth-order valence-electron chi connectivity index (χ4n) is 1.39. The Bertz CT molecular complexity index is 382. The van der Waals surface area contributed by atoms with E-state index in [0.29, 0.717) is 18.9 Å². The van der Waals surface area contributed by atoms with Crippen LogP contribution in [0.15, 0.2) is 12.3 Å².